The minimum absolute atomic E-state index is 0.0315. The Morgan fingerprint density at radius 3 is 2.77 bits per heavy atom. The number of amides is 1. The summed E-state index contributed by atoms with van der Waals surface area (Å²) in [6.07, 6.45) is 2.17. The predicted molar refractivity (Wildman–Crippen MR) is 81.2 cm³/mol. The zero-order valence-electron chi connectivity index (χ0n) is 13.4. The molecule has 1 aromatic rings. The maximum Gasteiger partial charge on any atom is 0.219 e. The lowest BCUT2D eigenvalue weighted by atomic mass is 9.96. The Hall–Kier alpha value is -1.47. The molecule has 1 N–H and O–H groups in total. The van der Waals surface area contributed by atoms with Gasteiger partial charge in [-0.2, -0.15) is 5.10 Å². The molecule has 0 radical (unpaired) electrons. The smallest absolute Gasteiger partial charge is 0.219 e. The number of aromatic nitrogens is 3. The van der Waals surface area contributed by atoms with Crippen molar-refractivity contribution in [3.05, 3.63) is 11.6 Å². The largest absolute Gasteiger partial charge is 0.367 e. The van der Waals surface area contributed by atoms with Crippen LogP contribution in [0.15, 0.2) is 0 Å². The maximum atomic E-state index is 11.4. The Kier molecular flexibility index (Phi) is 4.73. The van der Waals surface area contributed by atoms with Gasteiger partial charge in [-0.05, 0) is 25.7 Å². The standard InChI is InChI=1S/C15H25N5O2/c1-11-16-15(18-17-11)14-10-19(7-8-22-14)9-13-3-5-20(6-4-13)12(2)21/h13-14H,3-10H2,1-2H3,(H,16,17,18)/t14-/m0/s1. The fourth-order valence-electron chi connectivity index (χ4n) is 3.32. The van der Waals surface area contributed by atoms with Crippen LogP contribution in [0.4, 0.5) is 0 Å². The van der Waals surface area contributed by atoms with Crippen molar-refractivity contribution < 1.29 is 9.53 Å². The molecule has 0 aromatic carbocycles. The first-order valence-electron chi connectivity index (χ1n) is 8.10. The zero-order chi connectivity index (χ0) is 15.5. The van der Waals surface area contributed by atoms with E-state index in [-0.39, 0.29) is 12.0 Å². The molecule has 7 nitrogen and oxygen atoms in total. The van der Waals surface area contributed by atoms with Crippen molar-refractivity contribution >= 4 is 5.91 Å². The minimum atomic E-state index is -0.0315. The molecule has 2 aliphatic rings. The van der Waals surface area contributed by atoms with Crippen molar-refractivity contribution in [3.8, 4) is 0 Å². The van der Waals surface area contributed by atoms with Gasteiger partial charge >= 0.3 is 0 Å². The molecule has 3 rings (SSSR count). The van der Waals surface area contributed by atoms with Gasteiger partial charge < -0.3 is 9.64 Å². The van der Waals surface area contributed by atoms with Gasteiger partial charge in [-0.1, -0.05) is 0 Å². The van der Waals surface area contributed by atoms with Gasteiger partial charge in [0.1, 0.15) is 11.9 Å². The number of nitrogens with one attached hydrogen (secondary N) is 1. The summed E-state index contributed by atoms with van der Waals surface area (Å²) in [6.45, 7) is 8.98. The molecule has 1 atom stereocenters. The minimum Gasteiger partial charge on any atom is -0.367 e. The number of aryl methyl sites for hydroxylation is 1. The highest BCUT2D eigenvalue weighted by molar-refractivity contribution is 5.73. The topological polar surface area (TPSA) is 74.3 Å². The van der Waals surface area contributed by atoms with Gasteiger partial charge in [0.15, 0.2) is 5.82 Å². The van der Waals surface area contributed by atoms with Crippen LogP contribution in [-0.2, 0) is 9.53 Å². The molecule has 1 amide bonds. The van der Waals surface area contributed by atoms with Crippen LogP contribution in [0.25, 0.3) is 0 Å². The van der Waals surface area contributed by atoms with E-state index in [2.05, 4.69) is 20.1 Å². The summed E-state index contributed by atoms with van der Waals surface area (Å²) >= 11 is 0. The predicted octanol–water partition coefficient (Wildman–Crippen LogP) is 0.745. The molecular formula is C15H25N5O2. The number of hydrogen-bond acceptors (Lipinski definition) is 5. The molecule has 0 saturated carbocycles. The Morgan fingerprint density at radius 1 is 1.36 bits per heavy atom. The Balaban J connectivity index is 1.50. The number of H-pyrrole nitrogens is 1. The second-order valence-electron chi connectivity index (χ2n) is 6.35. The number of rotatable bonds is 3. The number of aromatic amines is 1. The molecule has 2 fully saturated rings. The van der Waals surface area contributed by atoms with Crippen molar-refractivity contribution in [1.29, 1.82) is 0 Å². The van der Waals surface area contributed by atoms with E-state index < -0.39 is 0 Å². The number of likely N-dealkylation sites (tertiary alicyclic amines) is 1. The molecule has 1 aromatic heterocycles. The van der Waals surface area contributed by atoms with Gasteiger partial charge in [0.25, 0.3) is 0 Å². The molecule has 2 aliphatic heterocycles. The Bertz CT molecular complexity index is 510. The number of nitrogens with zero attached hydrogens (tertiary/aromatic N) is 4. The summed E-state index contributed by atoms with van der Waals surface area (Å²) in [4.78, 5) is 20.2. The summed E-state index contributed by atoms with van der Waals surface area (Å²) in [7, 11) is 0. The van der Waals surface area contributed by atoms with Gasteiger partial charge in [-0.25, -0.2) is 4.98 Å². The molecule has 7 heteroatoms. The van der Waals surface area contributed by atoms with Gasteiger partial charge in [-0.15, -0.1) is 0 Å². The lowest BCUT2D eigenvalue weighted by molar-refractivity contribution is -0.130. The summed E-state index contributed by atoms with van der Waals surface area (Å²) in [5.41, 5.74) is 0. The van der Waals surface area contributed by atoms with Crippen LogP contribution in [0, 0.1) is 12.8 Å². The fourth-order valence-corrected chi connectivity index (χ4v) is 3.32. The number of hydrogen-bond donors (Lipinski definition) is 1. The first-order valence-corrected chi connectivity index (χ1v) is 8.10. The van der Waals surface area contributed by atoms with E-state index in [1.54, 1.807) is 6.92 Å². The van der Waals surface area contributed by atoms with E-state index in [4.69, 9.17) is 4.74 Å². The SMILES string of the molecule is CC(=O)N1CCC(CN2CCO[C@H](c3n[nH]c(C)n3)C2)CC1. The first kappa shape index (κ1) is 15.4. The highest BCUT2D eigenvalue weighted by Crippen LogP contribution is 2.23. The Labute approximate surface area is 131 Å². The second-order valence-corrected chi connectivity index (χ2v) is 6.35. The number of morpholine rings is 1. The third-order valence-electron chi connectivity index (χ3n) is 4.63. The van der Waals surface area contributed by atoms with Crippen molar-refractivity contribution in [3.63, 3.8) is 0 Å². The van der Waals surface area contributed by atoms with Crippen molar-refractivity contribution in [2.75, 3.05) is 39.3 Å². The molecule has 22 heavy (non-hydrogen) atoms. The highest BCUT2D eigenvalue weighted by Gasteiger charge is 2.28. The number of piperidine rings is 1. The Morgan fingerprint density at radius 2 is 2.14 bits per heavy atom. The van der Waals surface area contributed by atoms with E-state index in [9.17, 15) is 4.79 Å². The van der Waals surface area contributed by atoms with Crippen molar-refractivity contribution in [2.24, 2.45) is 5.92 Å². The van der Waals surface area contributed by atoms with Gasteiger partial charge in [0.2, 0.25) is 5.91 Å². The summed E-state index contributed by atoms with van der Waals surface area (Å²) in [5, 5.41) is 7.10. The zero-order valence-corrected chi connectivity index (χ0v) is 13.4. The lowest BCUT2D eigenvalue weighted by Crippen LogP contribution is -2.44. The third-order valence-corrected chi connectivity index (χ3v) is 4.63. The number of carbonyl (C=O) groups excluding carboxylic acids is 1. The monoisotopic (exact) mass is 307 g/mol. The van der Waals surface area contributed by atoms with Crippen molar-refractivity contribution in [1.82, 2.24) is 25.0 Å². The van der Waals surface area contributed by atoms with Gasteiger partial charge in [0.05, 0.1) is 6.61 Å². The van der Waals surface area contributed by atoms with Crippen LogP contribution >= 0.6 is 0 Å². The fraction of sp³-hybridized carbons (Fsp3) is 0.800. The van der Waals surface area contributed by atoms with E-state index >= 15 is 0 Å². The molecule has 122 valence electrons. The van der Waals surface area contributed by atoms with Crippen LogP contribution in [0.1, 0.15) is 37.5 Å². The highest BCUT2D eigenvalue weighted by atomic mass is 16.5. The van der Waals surface area contributed by atoms with E-state index in [1.165, 1.54) is 0 Å². The molecule has 0 aliphatic carbocycles. The van der Waals surface area contributed by atoms with Crippen LogP contribution in [0.5, 0.6) is 0 Å². The second kappa shape index (κ2) is 6.75. The van der Waals surface area contributed by atoms with E-state index in [1.807, 2.05) is 11.8 Å². The van der Waals surface area contributed by atoms with E-state index in [0.29, 0.717) is 5.92 Å². The molecular weight excluding hydrogens is 282 g/mol. The number of carbonyl (C=O) groups is 1. The lowest BCUT2D eigenvalue weighted by Gasteiger charge is -2.37. The quantitative estimate of drug-likeness (QED) is 0.892. The summed E-state index contributed by atoms with van der Waals surface area (Å²) in [6, 6.07) is 0. The van der Waals surface area contributed by atoms with E-state index in [0.717, 1.165) is 63.8 Å². The van der Waals surface area contributed by atoms with Crippen LogP contribution < -0.4 is 0 Å². The molecule has 2 saturated heterocycles. The normalized spacial score (nSPS) is 24.6. The molecule has 0 bridgehead atoms. The summed E-state index contributed by atoms with van der Waals surface area (Å²) in [5.74, 6) is 2.45. The summed E-state index contributed by atoms with van der Waals surface area (Å²) < 4.78 is 5.81. The molecule has 3 heterocycles. The number of ether oxygens (including phenoxy) is 1. The maximum absolute atomic E-state index is 11.4. The average Bonchev–Trinajstić information content (AvgIpc) is 2.95. The molecule has 0 spiro atoms. The van der Waals surface area contributed by atoms with Crippen LogP contribution in [0.3, 0.4) is 0 Å². The molecule has 0 unspecified atom stereocenters. The van der Waals surface area contributed by atoms with Crippen LogP contribution in [0.2, 0.25) is 0 Å². The van der Waals surface area contributed by atoms with Gasteiger partial charge in [0, 0.05) is 39.6 Å². The van der Waals surface area contributed by atoms with Crippen molar-refractivity contribution in [2.45, 2.75) is 32.8 Å². The first-order chi connectivity index (χ1) is 10.6. The van der Waals surface area contributed by atoms with Gasteiger partial charge in [-0.3, -0.25) is 14.8 Å². The average molecular weight is 307 g/mol. The third kappa shape index (κ3) is 3.64. The van der Waals surface area contributed by atoms with Crippen LogP contribution in [-0.4, -0.2) is 70.2 Å².